The molecule has 1 saturated carbocycles. The SMILES string of the molecule is Fc1cc(Br)cc(OCC2(CS)CCCC2)c1F. The number of hydrogen-bond donors (Lipinski definition) is 1. The van der Waals surface area contributed by atoms with Gasteiger partial charge in [-0.15, -0.1) is 0 Å². The topological polar surface area (TPSA) is 9.23 Å². The van der Waals surface area contributed by atoms with Crippen molar-refractivity contribution in [2.24, 2.45) is 5.41 Å². The average Bonchev–Trinajstić information content (AvgIpc) is 2.81. The highest BCUT2D eigenvalue weighted by Gasteiger charge is 2.33. The van der Waals surface area contributed by atoms with Gasteiger partial charge in [0.05, 0.1) is 6.61 Å². The maximum absolute atomic E-state index is 13.5. The van der Waals surface area contributed by atoms with Crippen molar-refractivity contribution in [1.29, 1.82) is 0 Å². The predicted octanol–water partition coefficient (Wildman–Crippen LogP) is 4.60. The average molecular weight is 337 g/mol. The van der Waals surface area contributed by atoms with E-state index in [9.17, 15) is 8.78 Å². The molecule has 18 heavy (non-hydrogen) atoms. The molecule has 100 valence electrons. The van der Waals surface area contributed by atoms with Crippen LogP contribution in [0.25, 0.3) is 0 Å². The first-order chi connectivity index (χ1) is 8.56. The van der Waals surface area contributed by atoms with Gasteiger partial charge in [0.2, 0.25) is 5.82 Å². The Kier molecular flexibility index (Phi) is 4.54. The van der Waals surface area contributed by atoms with Crippen LogP contribution in [0.1, 0.15) is 25.7 Å². The molecule has 0 aliphatic heterocycles. The fraction of sp³-hybridized carbons (Fsp3) is 0.538. The van der Waals surface area contributed by atoms with E-state index in [0.717, 1.165) is 31.7 Å². The third kappa shape index (κ3) is 2.99. The van der Waals surface area contributed by atoms with Gasteiger partial charge in [0.25, 0.3) is 0 Å². The third-order valence-electron chi connectivity index (χ3n) is 3.49. The van der Waals surface area contributed by atoms with E-state index >= 15 is 0 Å². The van der Waals surface area contributed by atoms with Gasteiger partial charge in [-0.3, -0.25) is 0 Å². The van der Waals surface area contributed by atoms with E-state index in [-0.39, 0.29) is 11.2 Å². The third-order valence-corrected chi connectivity index (χ3v) is 4.62. The fourth-order valence-corrected chi connectivity index (χ4v) is 3.16. The second kappa shape index (κ2) is 5.78. The van der Waals surface area contributed by atoms with Crippen molar-refractivity contribution in [2.45, 2.75) is 25.7 Å². The van der Waals surface area contributed by atoms with Gasteiger partial charge >= 0.3 is 0 Å². The van der Waals surface area contributed by atoms with Crippen molar-refractivity contribution in [1.82, 2.24) is 0 Å². The van der Waals surface area contributed by atoms with Crippen molar-refractivity contribution in [3.05, 3.63) is 28.2 Å². The molecule has 1 aromatic carbocycles. The second-order valence-corrected chi connectivity index (χ2v) is 6.09. The standard InChI is InChI=1S/C13H15BrF2OS/c14-9-5-10(15)12(16)11(6-9)17-7-13(8-18)3-1-2-4-13/h5-6,18H,1-4,7-8H2. The van der Waals surface area contributed by atoms with E-state index in [2.05, 4.69) is 28.6 Å². The minimum Gasteiger partial charge on any atom is -0.490 e. The van der Waals surface area contributed by atoms with Crippen molar-refractivity contribution in [2.75, 3.05) is 12.4 Å². The molecular formula is C13H15BrF2OS. The maximum atomic E-state index is 13.5. The summed E-state index contributed by atoms with van der Waals surface area (Å²) < 4.78 is 32.7. The Morgan fingerprint density at radius 3 is 2.56 bits per heavy atom. The summed E-state index contributed by atoms with van der Waals surface area (Å²) in [7, 11) is 0. The molecule has 1 nitrogen and oxygen atoms in total. The van der Waals surface area contributed by atoms with Gasteiger partial charge in [-0.2, -0.15) is 17.0 Å². The number of rotatable bonds is 4. The second-order valence-electron chi connectivity index (χ2n) is 4.85. The van der Waals surface area contributed by atoms with Gasteiger partial charge in [-0.1, -0.05) is 28.8 Å². The molecule has 1 fully saturated rings. The normalized spacial score (nSPS) is 18.0. The number of benzene rings is 1. The quantitative estimate of drug-likeness (QED) is 0.624. The lowest BCUT2D eigenvalue weighted by Crippen LogP contribution is -2.27. The van der Waals surface area contributed by atoms with Crippen LogP contribution in [0, 0.1) is 17.0 Å². The summed E-state index contributed by atoms with van der Waals surface area (Å²) in [5.74, 6) is -1.14. The van der Waals surface area contributed by atoms with Crippen LogP contribution < -0.4 is 4.74 Å². The molecule has 0 saturated heterocycles. The predicted molar refractivity (Wildman–Crippen MR) is 74.3 cm³/mol. The molecule has 2 rings (SSSR count). The Morgan fingerprint density at radius 1 is 1.28 bits per heavy atom. The minimum absolute atomic E-state index is 0.00828. The lowest BCUT2D eigenvalue weighted by atomic mass is 9.90. The van der Waals surface area contributed by atoms with Gasteiger partial charge in [-0.25, -0.2) is 4.39 Å². The van der Waals surface area contributed by atoms with Gasteiger partial charge in [0.15, 0.2) is 11.6 Å². The summed E-state index contributed by atoms with van der Waals surface area (Å²) in [4.78, 5) is 0. The highest BCUT2D eigenvalue weighted by molar-refractivity contribution is 9.10. The summed E-state index contributed by atoms with van der Waals surface area (Å²) in [6, 6.07) is 2.55. The van der Waals surface area contributed by atoms with E-state index in [1.54, 1.807) is 0 Å². The monoisotopic (exact) mass is 336 g/mol. The summed E-state index contributed by atoms with van der Waals surface area (Å²) >= 11 is 7.49. The fourth-order valence-electron chi connectivity index (χ4n) is 2.34. The van der Waals surface area contributed by atoms with Crippen LogP contribution in [0.3, 0.4) is 0 Å². The maximum Gasteiger partial charge on any atom is 0.200 e. The van der Waals surface area contributed by atoms with Gasteiger partial charge < -0.3 is 4.74 Å². The van der Waals surface area contributed by atoms with E-state index in [1.807, 2.05) is 0 Å². The smallest absolute Gasteiger partial charge is 0.200 e. The van der Waals surface area contributed by atoms with Gasteiger partial charge in [0, 0.05) is 9.89 Å². The molecule has 0 bridgehead atoms. The molecule has 0 aromatic heterocycles. The Morgan fingerprint density at radius 2 is 1.94 bits per heavy atom. The van der Waals surface area contributed by atoms with E-state index in [0.29, 0.717) is 16.8 Å². The van der Waals surface area contributed by atoms with Crippen LogP contribution in [0.15, 0.2) is 16.6 Å². The lowest BCUT2D eigenvalue weighted by Gasteiger charge is -2.26. The highest BCUT2D eigenvalue weighted by atomic mass is 79.9. The number of hydrogen-bond acceptors (Lipinski definition) is 2. The Labute approximate surface area is 119 Å². The van der Waals surface area contributed by atoms with Gasteiger partial charge in [-0.05, 0) is 30.7 Å². The molecular weight excluding hydrogens is 322 g/mol. The Balaban J connectivity index is 2.10. The van der Waals surface area contributed by atoms with Crippen molar-refractivity contribution >= 4 is 28.6 Å². The largest absolute Gasteiger partial charge is 0.490 e. The Bertz CT molecular complexity index is 433. The molecule has 5 heteroatoms. The Hall–Kier alpha value is -0.290. The molecule has 0 spiro atoms. The summed E-state index contributed by atoms with van der Waals surface area (Å²) in [6.45, 7) is 0.392. The molecule has 1 aromatic rings. The molecule has 0 radical (unpaired) electrons. The summed E-state index contributed by atoms with van der Waals surface area (Å²) in [5, 5.41) is 0. The summed E-state index contributed by atoms with van der Waals surface area (Å²) in [5.41, 5.74) is 0.00828. The molecule has 0 atom stereocenters. The van der Waals surface area contributed by atoms with Crippen LogP contribution in [0.4, 0.5) is 8.78 Å². The van der Waals surface area contributed by atoms with Crippen LogP contribution in [-0.2, 0) is 0 Å². The zero-order chi connectivity index (χ0) is 13.2. The zero-order valence-electron chi connectivity index (χ0n) is 9.89. The number of thiol groups is 1. The van der Waals surface area contributed by atoms with Crippen LogP contribution >= 0.6 is 28.6 Å². The van der Waals surface area contributed by atoms with Crippen LogP contribution in [0.2, 0.25) is 0 Å². The first-order valence-electron chi connectivity index (χ1n) is 5.94. The van der Waals surface area contributed by atoms with E-state index in [1.165, 1.54) is 6.07 Å². The molecule has 1 aliphatic carbocycles. The highest BCUT2D eigenvalue weighted by Crippen LogP contribution is 2.40. The zero-order valence-corrected chi connectivity index (χ0v) is 12.4. The van der Waals surface area contributed by atoms with Crippen molar-refractivity contribution in [3.63, 3.8) is 0 Å². The lowest BCUT2D eigenvalue weighted by molar-refractivity contribution is 0.166. The van der Waals surface area contributed by atoms with Crippen LogP contribution in [0.5, 0.6) is 5.75 Å². The molecule has 0 amide bonds. The van der Waals surface area contributed by atoms with E-state index in [4.69, 9.17) is 4.74 Å². The summed E-state index contributed by atoms with van der Waals surface area (Å²) in [6.07, 6.45) is 4.38. The molecule has 0 N–H and O–H groups in total. The molecule has 1 aliphatic rings. The van der Waals surface area contributed by atoms with E-state index < -0.39 is 11.6 Å². The first-order valence-corrected chi connectivity index (χ1v) is 7.37. The van der Waals surface area contributed by atoms with Crippen molar-refractivity contribution < 1.29 is 13.5 Å². The number of ether oxygens (including phenoxy) is 1. The minimum atomic E-state index is -0.925. The first kappa shape index (κ1) is 14.1. The van der Waals surface area contributed by atoms with Gasteiger partial charge in [0.1, 0.15) is 0 Å². The molecule has 0 unspecified atom stereocenters. The van der Waals surface area contributed by atoms with Crippen LogP contribution in [-0.4, -0.2) is 12.4 Å². The molecule has 0 heterocycles. The van der Waals surface area contributed by atoms with Crippen molar-refractivity contribution in [3.8, 4) is 5.75 Å². The number of halogens is 3.